The number of hydrogen-bond donors (Lipinski definition) is 1. The summed E-state index contributed by atoms with van der Waals surface area (Å²) in [5, 5.41) is 2.52. The number of esters is 1. The van der Waals surface area contributed by atoms with Crippen LogP contribution in [0.4, 0.5) is 8.78 Å². The molecule has 1 atom stereocenters. The van der Waals surface area contributed by atoms with Gasteiger partial charge in [-0.05, 0) is 19.1 Å². The Hall–Kier alpha value is -2.02. The first kappa shape index (κ1) is 16.0. The first-order valence-corrected chi connectivity index (χ1v) is 5.84. The zero-order valence-corrected chi connectivity index (χ0v) is 11.1. The van der Waals surface area contributed by atoms with Crippen LogP contribution < -0.4 is 5.32 Å². The van der Waals surface area contributed by atoms with Gasteiger partial charge in [0.1, 0.15) is 11.6 Å². The number of rotatable bonds is 6. The lowest BCUT2D eigenvalue weighted by atomic mass is 10.2. The minimum Gasteiger partial charge on any atom is -0.452 e. The van der Waals surface area contributed by atoms with Crippen LogP contribution in [0.5, 0.6) is 0 Å². The molecule has 110 valence electrons. The van der Waals surface area contributed by atoms with Gasteiger partial charge in [0.05, 0.1) is 12.2 Å². The molecular formula is C13H15F2NO4. The number of hydrogen-bond acceptors (Lipinski definition) is 4. The third kappa shape index (κ3) is 4.93. The first-order chi connectivity index (χ1) is 9.43. The Balaban J connectivity index is 2.49. The highest BCUT2D eigenvalue weighted by Crippen LogP contribution is 2.10. The fourth-order valence-corrected chi connectivity index (χ4v) is 1.47. The molecule has 0 aliphatic carbocycles. The molecule has 0 unspecified atom stereocenters. The minimum atomic E-state index is -1.04. The van der Waals surface area contributed by atoms with Gasteiger partial charge in [0.2, 0.25) is 0 Å². The third-order valence-corrected chi connectivity index (χ3v) is 2.31. The van der Waals surface area contributed by atoms with E-state index in [2.05, 4.69) is 10.1 Å². The molecule has 0 spiro atoms. The quantitative estimate of drug-likeness (QED) is 0.800. The molecule has 0 aliphatic heterocycles. The number of benzene rings is 1. The van der Waals surface area contributed by atoms with E-state index in [9.17, 15) is 18.4 Å². The van der Waals surface area contributed by atoms with Crippen molar-refractivity contribution < 1.29 is 27.8 Å². The zero-order chi connectivity index (χ0) is 15.1. The van der Waals surface area contributed by atoms with Crippen molar-refractivity contribution in [2.75, 3.05) is 20.3 Å². The summed E-state index contributed by atoms with van der Waals surface area (Å²) in [7, 11) is 1.49. The van der Waals surface area contributed by atoms with Gasteiger partial charge in [-0.1, -0.05) is 0 Å². The van der Waals surface area contributed by atoms with E-state index in [1.807, 2.05) is 0 Å². The minimum absolute atomic E-state index is 0.242. The topological polar surface area (TPSA) is 64.6 Å². The Morgan fingerprint density at radius 1 is 1.35 bits per heavy atom. The Kier molecular flexibility index (Phi) is 6.05. The van der Waals surface area contributed by atoms with E-state index in [1.54, 1.807) is 6.92 Å². The molecule has 1 amide bonds. The summed E-state index contributed by atoms with van der Waals surface area (Å²) in [4.78, 5) is 22.9. The van der Waals surface area contributed by atoms with E-state index in [-0.39, 0.29) is 6.04 Å². The van der Waals surface area contributed by atoms with Gasteiger partial charge in [-0.15, -0.1) is 0 Å². The van der Waals surface area contributed by atoms with E-state index < -0.39 is 35.7 Å². The van der Waals surface area contributed by atoms with Crippen LogP contribution in [0.3, 0.4) is 0 Å². The maximum atomic E-state index is 13.3. The maximum absolute atomic E-state index is 13.3. The summed E-state index contributed by atoms with van der Waals surface area (Å²) in [6.45, 7) is 1.47. The molecule has 5 nitrogen and oxygen atoms in total. The largest absolute Gasteiger partial charge is 0.452 e. The summed E-state index contributed by atoms with van der Waals surface area (Å²) < 4.78 is 35.4. The summed E-state index contributed by atoms with van der Waals surface area (Å²) >= 11 is 0. The average molecular weight is 287 g/mol. The Morgan fingerprint density at radius 3 is 2.65 bits per heavy atom. The van der Waals surface area contributed by atoms with Crippen LogP contribution in [0.25, 0.3) is 0 Å². The highest BCUT2D eigenvalue weighted by molar-refractivity contribution is 5.91. The lowest BCUT2D eigenvalue weighted by Gasteiger charge is -2.12. The van der Waals surface area contributed by atoms with E-state index >= 15 is 0 Å². The molecule has 1 N–H and O–H groups in total. The highest BCUT2D eigenvalue weighted by Gasteiger charge is 2.16. The number of carbonyl (C=O) groups excluding carboxylic acids is 2. The van der Waals surface area contributed by atoms with Gasteiger partial charge < -0.3 is 14.8 Å². The third-order valence-electron chi connectivity index (χ3n) is 2.31. The number of ether oxygens (including phenoxy) is 2. The SMILES string of the molecule is COC[C@H](C)NC(=O)COC(=O)c1ccc(F)cc1F. The standard InChI is InChI=1S/C13H15F2NO4/c1-8(6-19-2)16-12(17)7-20-13(18)10-4-3-9(14)5-11(10)15/h3-5,8H,6-7H2,1-2H3,(H,16,17)/t8-/m0/s1. The van der Waals surface area contributed by atoms with Crippen LogP contribution in [0.1, 0.15) is 17.3 Å². The summed E-state index contributed by atoms with van der Waals surface area (Å²) in [6.07, 6.45) is 0. The van der Waals surface area contributed by atoms with Crippen molar-refractivity contribution in [1.82, 2.24) is 5.32 Å². The van der Waals surface area contributed by atoms with Crippen molar-refractivity contribution in [3.8, 4) is 0 Å². The molecule has 0 saturated heterocycles. The number of nitrogens with one attached hydrogen (secondary N) is 1. The van der Waals surface area contributed by atoms with Crippen LogP contribution >= 0.6 is 0 Å². The van der Waals surface area contributed by atoms with Gasteiger partial charge in [-0.3, -0.25) is 4.79 Å². The molecule has 0 radical (unpaired) electrons. The van der Waals surface area contributed by atoms with Crippen molar-refractivity contribution in [2.24, 2.45) is 0 Å². The Bertz CT molecular complexity index is 493. The van der Waals surface area contributed by atoms with Gasteiger partial charge in [0.25, 0.3) is 5.91 Å². The molecule has 0 aromatic heterocycles. The molecule has 1 aromatic rings. The van der Waals surface area contributed by atoms with Crippen LogP contribution in [0, 0.1) is 11.6 Å². The molecule has 1 aromatic carbocycles. The predicted octanol–water partition coefficient (Wildman–Crippen LogP) is 1.27. The molecular weight excluding hydrogens is 272 g/mol. The highest BCUT2D eigenvalue weighted by atomic mass is 19.1. The van der Waals surface area contributed by atoms with Gasteiger partial charge in [0, 0.05) is 19.2 Å². The van der Waals surface area contributed by atoms with Crippen molar-refractivity contribution >= 4 is 11.9 Å². The van der Waals surface area contributed by atoms with Gasteiger partial charge in [0.15, 0.2) is 6.61 Å². The number of carbonyl (C=O) groups is 2. The molecule has 0 saturated carbocycles. The molecule has 0 heterocycles. The second kappa shape index (κ2) is 7.54. The fourth-order valence-electron chi connectivity index (χ4n) is 1.47. The summed E-state index contributed by atoms with van der Waals surface area (Å²) in [6, 6.07) is 2.21. The smallest absolute Gasteiger partial charge is 0.341 e. The predicted molar refractivity (Wildman–Crippen MR) is 66.1 cm³/mol. The van der Waals surface area contributed by atoms with Crippen molar-refractivity contribution in [3.63, 3.8) is 0 Å². The molecule has 1 rings (SSSR count). The Labute approximate surface area is 114 Å². The number of halogens is 2. The lowest BCUT2D eigenvalue weighted by Crippen LogP contribution is -2.38. The van der Waals surface area contributed by atoms with Crippen LogP contribution in [0.2, 0.25) is 0 Å². The normalized spacial score (nSPS) is 11.8. The van der Waals surface area contributed by atoms with E-state index in [1.165, 1.54) is 7.11 Å². The Morgan fingerprint density at radius 2 is 2.05 bits per heavy atom. The number of methoxy groups -OCH3 is 1. The van der Waals surface area contributed by atoms with E-state index in [0.29, 0.717) is 12.7 Å². The zero-order valence-electron chi connectivity index (χ0n) is 11.1. The number of amides is 1. The van der Waals surface area contributed by atoms with Crippen LogP contribution in [0.15, 0.2) is 18.2 Å². The lowest BCUT2D eigenvalue weighted by molar-refractivity contribution is -0.125. The summed E-state index contributed by atoms with van der Waals surface area (Å²) in [5.41, 5.74) is -0.427. The second-order valence-electron chi connectivity index (χ2n) is 4.12. The summed E-state index contributed by atoms with van der Waals surface area (Å²) in [5.74, 6) is -3.41. The van der Waals surface area contributed by atoms with Crippen molar-refractivity contribution in [3.05, 3.63) is 35.4 Å². The van der Waals surface area contributed by atoms with E-state index in [0.717, 1.165) is 12.1 Å². The van der Waals surface area contributed by atoms with Crippen LogP contribution in [-0.4, -0.2) is 38.2 Å². The monoisotopic (exact) mass is 287 g/mol. The second-order valence-corrected chi connectivity index (χ2v) is 4.12. The molecule has 7 heteroatoms. The first-order valence-electron chi connectivity index (χ1n) is 5.84. The molecule has 0 bridgehead atoms. The fraction of sp³-hybridized carbons (Fsp3) is 0.385. The van der Waals surface area contributed by atoms with Crippen molar-refractivity contribution in [2.45, 2.75) is 13.0 Å². The molecule has 0 aliphatic rings. The van der Waals surface area contributed by atoms with Crippen LogP contribution in [-0.2, 0) is 14.3 Å². The molecule has 0 fully saturated rings. The van der Waals surface area contributed by atoms with Gasteiger partial charge in [-0.25, -0.2) is 13.6 Å². The van der Waals surface area contributed by atoms with Crippen molar-refractivity contribution in [1.29, 1.82) is 0 Å². The van der Waals surface area contributed by atoms with E-state index in [4.69, 9.17) is 4.74 Å². The van der Waals surface area contributed by atoms with Gasteiger partial charge in [-0.2, -0.15) is 0 Å². The van der Waals surface area contributed by atoms with Gasteiger partial charge >= 0.3 is 5.97 Å². The molecule has 20 heavy (non-hydrogen) atoms. The maximum Gasteiger partial charge on any atom is 0.341 e. The average Bonchev–Trinajstić information content (AvgIpc) is 2.36.